The van der Waals surface area contributed by atoms with Gasteiger partial charge in [-0.25, -0.2) is 0 Å². The van der Waals surface area contributed by atoms with E-state index in [2.05, 4.69) is 40.9 Å². The van der Waals surface area contributed by atoms with Gasteiger partial charge in [-0.1, -0.05) is 5.21 Å². The Hall–Kier alpha value is -0.980. The lowest BCUT2D eigenvalue weighted by Crippen LogP contribution is -2.53. The number of nitrogens with two attached hydrogens (primary N) is 1. The molecule has 19 heavy (non-hydrogen) atoms. The zero-order chi connectivity index (χ0) is 13.9. The molecule has 0 atom stereocenters. The molecule has 1 saturated heterocycles. The summed E-state index contributed by atoms with van der Waals surface area (Å²) in [6.07, 6.45) is 2.00. The fourth-order valence-corrected chi connectivity index (χ4v) is 2.46. The average molecular weight is 266 g/mol. The van der Waals surface area contributed by atoms with Crippen molar-refractivity contribution in [3.63, 3.8) is 0 Å². The van der Waals surface area contributed by atoms with Crippen LogP contribution in [0.2, 0.25) is 0 Å². The Kier molecular flexibility index (Phi) is 4.54. The summed E-state index contributed by atoms with van der Waals surface area (Å²) in [5.74, 6) is 0. The predicted octanol–water partition coefficient (Wildman–Crippen LogP) is 0.153. The maximum atomic E-state index is 5.51. The molecule has 1 fully saturated rings. The lowest BCUT2D eigenvalue weighted by atomic mass is 10.0. The van der Waals surface area contributed by atoms with Crippen molar-refractivity contribution in [1.82, 2.24) is 24.8 Å². The van der Waals surface area contributed by atoms with Crippen LogP contribution in [0.4, 0.5) is 0 Å². The summed E-state index contributed by atoms with van der Waals surface area (Å²) in [6.45, 7) is 13.5. The van der Waals surface area contributed by atoms with Crippen LogP contribution in [0.1, 0.15) is 26.5 Å². The summed E-state index contributed by atoms with van der Waals surface area (Å²) in [5.41, 5.74) is 6.82. The third-order valence-corrected chi connectivity index (χ3v) is 3.65. The first kappa shape index (κ1) is 14.4. The Balaban J connectivity index is 1.82. The fraction of sp³-hybridized carbons (Fsp3) is 0.846. The molecule has 2 heterocycles. The fourth-order valence-electron chi connectivity index (χ4n) is 2.46. The lowest BCUT2D eigenvalue weighted by molar-refractivity contribution is 0.0585. The smallest absolute Gasteiger partial charge is 0.0967 e. The van der Waals surface area contributed by atoms with Gasteiger partial charge < -0.3 is 5.73 Å². The van der Waals surface area contributed by atoms with Crippen molar-refractivity contribution in [3.05, 3.63) is 11.9 Å². The van der Waals surface area contributed by atoms with Gasteiger partial charge in [0.05, 0.1) is 12.2 Å². The van der Waals surface area contributed by atoms with E-state index in [9.17, 15) is 0 Å². The largest absolute Gasteiger partial charge is 0.329 e. The van der Waals surface area contributed by atoms with Crippen molar-refractivity contribution in [3.8, 4) is 0 Å². The molecular weight excluding hydrogens is 240 g/mol. The van der Waals surface area contributed by atoms with E-state index in [1.165, 1.54) is 0 Å². The molecule has 1 aromatic rings. The number of rotatable bonds is 4. The third kappa shape index (κ3) is 3.99. The van der Waals surface area contributed by atoms with Crippen molar-refractivity contribution in [2.45, 2.75) is 39.4 Å². The van der Waals surface area contributed by atoms with E-state index in [1.54, 1.807) is 0 Å². The van der Waals surface area contributed by atoms with Crippen molar-refractivity contribution < 1.29 is 0 Å². The van der Waals surface area contributed by atoms with Crippen molar-refractivity contribution in [2.75, 3.05) is 32.7 Å². The van der Waals surface area contributed by atoms with E-state index < -0.39 is 0 Å². The molecule has 0 aliphatic carbocycles. The standard InChI is InChI=1S/C13H26N6/c1-13(2,3)18-8-6-17(7-9-18)10-12-11-19(5-4-14)16-15-12/h11H,4-10,14H2,1-3H3. The highest BCUT2D eigenvalue weighted by Crippen LogP contribution is 2.16. The molecule has 0 unspecified atom stereocenters. The third-order valence-electron chi connectivity index (χ3n) is 3.65. The van der Waals surface area contributed by atoms with E-state index in [0.717, 1.165) is 45.0 Å². The van der Waals surface area contributed by atoms with Crippen LogP contribution in [0.3, 0.4) is 0 Å². The van der Waals surface area contributed by atoms with Crippen LogP contribution in [0.15, 0.2) is 6.20 Å². The first-order valence-electron chi connectivity index (χ1n) is 7.05. The van der Waals surface area contributed by atoms with Gasteiger partial charge in [0.15, 0.2) is 0 Å². The second kappa shape index (κ2) is 5.98. The zero-order valence-corrected chi connectivity index (χ0v) is 12.3. The molecule has 6 heteroatoms. The minimum atomic E-state index is 0.274. The zero-order valence-electron chi connectivity index (χ0n) is 12.3. The van der Waals surface area contributed by atoms with Gasteiger partial charge >= 0.3 is 0 Å². The number of hydrogen-bond donors (Lipinski definition) is 1. The van der Waals surface area contributed by atoms with Crippen molar-refractivity contribution in [1.29, 1.82) is 0 Å². The highest BCUT2D eigenvalue weighted by Gasteiger charge is 2.25. The number of aromatic nitrogens is 3. The molecule has 0 amide bonds. The van der Waals surface area contributed by atoms with Crippen LogP contribution >= 0.6 is 0 Å². The molecule has 0 bridgehead atoms. The quantitative estimate of drug-likeness (QED) is 0.840. The summed E-state index contributed by atoms with van der Waals surface area (Å²) in [7, 11) is 0. The Labute approximate surface area is 115 Å². The normalized spacial score (nSPS) is 18.9. The Bertz CT molecular complexity index is 386. The van der Waals surface area contributed by atoms with Gasteiger partial charge in [-0.15, -0.1) is 5.10 Å². The van der Waals surface area contributed by atoms with Crippen LogP contribution in [0.25, 0.3) is 0 Å². The topological polar surface area (TPSA) is 63.2 Å². The van der Waals surface area contributed by atoms with Crippen LogP contribution in [0.5, 0.6) is 0 Å². The number of nitrogens with zero attached hydrogens (tertiary/aromatic N) is 5. The molecule has 0 aromatic carbocycles. The first-order valence-corrected chi connectivity index (χ1v) is 7.05. The number of piperazine rings is 1. The van der Waals surface area contributed by atoms with Gasteiger partial charge in [0.25, 0.3) is 0 Å². The molecule has 1 aliphatic heterocycles. The Morgan fingerprint density at radius 2 is 1.89 bits per heavy atom. The second-order valence-corrected chi connectivity index (χ2v) is 6.20. The minimum absolute atomic E-state index is 0.274. The van der Waals surface area contributed by atoms with Gasteiger partial charge in [0.1, 0.15) is 0 Å². The van der Waals surface area contributed by atoms with Crippen molar-refractivity contribution >= 4 is 0 Å². The second-order valence-electron chi connectivity index (χ2n) is 6.20. The molecule has 1 aromatic heterocycles. The van der Waals surface area contributed by atoms with E-state index in [-0.39, 0.29) is 5.54 Å². The minimum Gasteiger partial charge on any atom is -0.329 e. The van der Waals surface area contributed by atoms with Crippen LogP contribution in [-0.2, 0) is 13.1 Å². The first-order chi connectivity index (χ1) is 8.99. The van der Waals surface area contributed by atoms with Gasteiger partial charge in [-0.2, -0.15) is 0 Å². The molecule has 0 spiro atoms. The highest BCUT2D eigenvalue weighted by atomic mass is 15.4. The summed E-state index contributed by atoms with van der Waals surface area (Å²) < 4.78 is 1.82. The van der Waals surface area contributed by atoms with Crippen LogP contribution in [0, 0.1) is 0 Å². The summed E-state index contributed by atoms with van der Waals surface area (Å²) in [4.78, 5) is 4.98. The number of hydrogen-bond acceptors (Lipinski definition) is 5. The van der Waals surface area contributed by atoms with E-state index in [4.69, 9.17) is 5.73 Å². The monoisotopic (exact) mass is 266 g/mol. The van der Waals surface area contributed by atoms with Gasteiger partial charge in [-0.3, -0.25) is 14.5 Å². The maximum Gasteiger partial charge on any atom is 0.0967 e. The molecule has 108 valence electrons. The summed E-state index contributed by atoms with van der Waals surface area (Å²) in [5, 5.41) is 8.27. The summed E-state index contributed by atoms with van der Waals surface area (Å²) in [6, 6.07) is 0. The predicted molar refractivity (Wildman–Crippen MR) is 75.7 cm³/mol. The van der Waals surface area contributed by atoms with E-state index in [1.807, 2.05) is 10.9 Å². The lowest BCUT2D eigenvalue weighted by Gasteiger charge is -2.42. The van der Waals surface area contributed by atoms with Gasteiger partial charge in [0, 0.05) is 51.0 Å². The highest BCUT2D eigenvalue weighted by molar-refractivity contribution is 4.93. The van der Waals surface area contributed by atoms with Gasteiger partial charge in [-0.05, 0) is 20.8 Å². The van der Waals surface area contributed by atoms with Gasteiger partial charge in [0.2, 0.25) is 0 Å². The van der Waals surface area contributed by atoms with E-state index >= 15 is 0 Å². The SMILES string of the molecule is CC(C)(C)N1CCN(Cc2cn(CCN)nn2)CC1. The molecule has 2 N–H and O–H groups in total. The molecule has 0 radical (unpaired) electrons. The van der Waals surface area contributed by atoms with Crippen LogP contribution in [-0.4, -0.2) is 63.1 Å². The molecule has 6 nitrogen and oxygen atoms in total. The summed E-state index contributed by atoms with van der Waals surface area (Å²) >= 11 is 0. The Morgan fingerprint density at radius 1 is 1.21 bits per heavy atom. The van der Waals surface area contributed by atoms with E-state index in [0.29, 0.717) is 6.54 Å². The van der Waals surface area contributed by atoms with Crippen LogP contribution < -0.4 is 5.73 Å². The maximum absolute atomic E-state index is 5.51. The van der Waals surface area contributed by atoms with Crippen molar-refractivity contribution in [2.24, 2.45) is 5.73 Å². The molecular formula is C13H26N6. The molecule has 1 aliphatic rings. The molecule has 2 rings (SSSR count). The Morgan fingerprint density at radius 3 is 2.47 bits per heavy atom. The molecule has 0 saturated carbocycles. The average Bonchev–Trinajstić information content (AvgIpc) is 2.77.